The van der Waals surface area contributed by atoms with Crippen LogP contribution in [0.25, 0.3) is 83.3 Å². The van der Waals surface area contributed by atoms with Crippen LogP contribution in [0.5, 0.6) is 0 Å². The van der Waals surface area contributed by atoms with Crippen LogP contribution in [0.4, 0.5) is 17.3 Å². The second-order valence-electron chi connectivity index (χ2n) is 19.8. The molecule has 74 heavy (non-hydrogen) atoms. The van der Waals surface area contributed by atoms with E-state index in [9.17, 15) is 0 Å². The summed E-state index contributed by atoms with van der Waals surface area (Å²) in [6.07, 6.45) is 0.546. The predicted octanol–water partition coefficient (Wildman–Crippen LogP) is 16.1. The molecule has 356 valence electrons. The first-order chi connectivity index (χ1) is 36.1. The Kier molecular flexibility index (Phi) is 10.6. The molecule has 1 atom stereocenters. The molecule has 11 heteroatoms. The van der Waals surface area contributed by atoms with E-state index in [2.05, 4.69) is 186 Å². The van der Waals surface area contributed by atoms with Gasteiger partial charge in [0.05, 0.1) is 33.6 Å². The molecule has 1 unspecified atom stereocenters. The summed E-state index contributed by atoms with van der Waals surface area (Å²) in [7, 11) is -0.615. The molecule has 0 saturated carbocycles. The minimum Gasteiger partial charge on any atom is -0.456 e. The van der Waals surface area contributed by atoms with E-state index in [0.717, 1.165) is 97.6 Å². The van der Waals surface area contributed by atoms with Gasteiger partial charge in [0.1, 0.15) is 11.2 Å². The summed E-state index contributed by atoms with van der Waals surface area (Å²) in [6, 6.07) is 71.9. The average Bonchev–Trinajstić information content (AvgIpc) is 4.10. The fraction of sp³-hybridized carbons (Fsp3) is 0.0952. The molecule has 12 aromatic rings. The van der Waals surface area contributed by atoms with E-state index in [0.29, 0.717) is 24.0 Å². The standard InChI is InChI=1S/C63H45BBrN5O3S/c1-62(2)63(3,38-43-34-46(37-50-48-24-11-14-27-55(48)71-58(43)50)69-51-25-12-10-23-47(51)49-36-45(65)30-32-52(49)69)73-64(72-62)44-22-16-21-41(33-44)42-29-31-54-57(35-42)74-56-28-15-13-26-53(56)70(54)61-67-59(39-17-6-4-7-18-39)66-60(68-61)40-19-8-5-9-20-40/h4-37H,38H2,1-3H3. The fourth-order valence-corrected chi connectivity index (χ4v) is 12.3. The molecule has 0 radical (unpaired) electrons. The van der Waals surface area contributed by atoms with Gasteiger partial charge in [-0.25, -0.2) is 4.98 Å². The van der Waals surface area contributed by atoms with Crippen LogP contribution < -0.4 is 10.4 Å². The van der Waals surface area contributed by atoms with Crippen LogP contribution in [0, 0.1) is 0 Å². The molecule has 1 saturated heterocycles. The van der Waals surface area contributed by atoms with Crippen molar-refractivity contribution in [1.29, 1.82) is 0 Å². The molecule has 3 aromatic heterocycles. The van der Waals surface area contributed by atoms with E-state index in [1.165, 1.54) is 10.8 Å². The van der Waals surface area contributed by atoms with E-state index in [4.69, 9.17) is 28.7 Å². The smallest absolute Gasteiger partial charge is 0.456 e. The number of rotatable bonds is 8. The van der Waals surface area contributed by atoms with Gasteiger partial charge < -0.3 is 18.3 Å². The van der Waals surface area contributed by atoms with Crippen LogP contribution >= 0.6 is 27.7 Å². The summed E-state index contributed by atoms with van der Waals surface area (Å²) in [5.74, 6) is 1.77. The zero-order valence-electron chi connectivity index (χ0n) is 40.7. The lowest BCUT2D eigenvalue weighted by molar-refractivity contribution is -0.00866. The van der Waals surface area contributed by atoms with Gasteiger partial charge in [-0.1, -0.05) is 167 Å². The SMILES string of the molecule is CC1(C)OB(c2cccc(-c3ccc4c(c3)Sc3ccccc3N4c3nc(-c4ccccc4)nc(-c4ccccc4)n3)c2)OC1(C)Cc1cc(-n2c3ccccc3c3cc(Br)ccc32)cc2c1oc1ccccc12. The number of aromatic nitrogens is 4. The first kappa shape index (κ1) is 44.9. The molecule has 0 N–H and O–H groups in total. The molecule has 0 aliphatic carbocycles. The monoisotopic (exact) mass is 1040 g/mol. The van der Waals surface area contributed by atoms with Gasteiger partial charge in [0.25, 0.3) is 0 Å². The van der Waals surface area contributed by atoms with Crippen molar-refractivity contribution in [1.82, 2.24) is 19.5 Å². The largest absolute Gasteiger partial charge is 0.494 e. The van der Waals surface area contributed by atoms with Crippen molar-refractivity contribution >= 4 is 101 Å². The second kappa shape index (κ2) is 17.4. The van der Waals surface area contributed by atoms with Crippen molar-refractivity contribution in [3.05, 3.63) is 216 Å². The Balaban J connectivity index is 0.817. The highest BCUT2D eigenvalue weighted by molar-refractivity contribution is 9.10. The number of furan rings is 1. The Hall–Kier alpha value is -7.80. The third-order valence-electron chi connectivity index (χ3n) is 14.9. The van der Waals surface area contributed by atoms with Crippen molar-refractivity contribution in [2.45, 2.75) is 48.2 Å². The van der Waals surface area contributed by atoms with E-state index < -0.39 is 18.3 Å². The maximum absolute atomic E-state index is 7.22. The van der Waals surface area contributed by atoms with Gasteiger partial charge in [0.2, 0.25) is 5.95 Å². The Labute approximate surface area is 440 Å². The Morgan fingerprint density at radius 1 is 0.527 bits per heavy atom. The van der Waals surface area contributed by atoms with Crippen LogP contribution in [0.15, 0.2) is 225 Å². The maximum atomic E-state index is 7.22. The van der Waals surface area contributed by atoms with Gasteiger partial charge in [0, 0.05) is 64.6 Å². The molecule has 0 bridgehead atoms. The normalized spacial score (nSPS) is 16.1. The average molecular weight is 1040 g/mol. The van der Waals surface area contributed by atoms with E-state index in [1.54, 1.807) is 11.8 Å². The van der Waals surface area contributed by atoms with E-state index >= 15 is 0 Å². The van der Waals surface area contributed by atoms with Gasteiger partial charge in [0.15, 0.2) is 11.6 Å². The number of anilines is 3. The Morgan fingerprint density at radius 3 is 1.99 bits per heavy atom. The molecule has 14 rings (SSSR count). The summed E-state index contributed by atoms with van der Waals surface area (Å²) >= 11 is 5.49. The highest BCUT2D eigenvalue weighted by Gasteiger charge is 2.55. The molecule has 0 amide bonds. The van der Waals surface area contributed by atoms with Crippen LogP contribution in [-0.4, -0.2) is 37.8 Å². The fourth-order valence-electron chi connectivity index (χ4n) is 10.8. The lowest BCUT2D eigenvalue weighted by atomic mass is 9.78. The van der Waals surface area contributed by atoms with Crippen LogP contribution in [0.2, 0.25) is 0 Å². The van der Waals surface area contributed by atoms with Crippen LogP contribution in [0.3, 0.4) is 0 Å². The van der Waals surface area contributed by atoms with E-state index in [1.807, 2.05) is 66.7 Å². The minimum absolute atomic E-state index is 0.546. The topological polar surface area (TPSA) is 78.4 Å². The zero-order valence-corrected chi connectivity index (χ0v) is 43.1. The molecule has 5 heterocycles. The number of hydrogen-bond acceptors (Lipinski definition) is 8. The summed E-state index contributed by atoms with van der Waals surface area (Å²) < 4.78 is 24.4. The third-order valence-corrected chi connectivity index (χ3v) is 16.5. The van der Waals surface area contributed by atoms with Crippen molar-refractivity contribution in [2.75, 3.05) is 4.90 Å². The molecule has 2 aliphatic heterocycles. The van der Waals surface area contributed by atoms with Gasteiger partial charge in [-0.15, -0.1) is 0 Å². The summed E-state index contributed by atoms with van der Waals surface area (Å²) in [5, 5.41) is 4.53. The first-order valence-corrected chi connectivity index (χ1v) is 26.4. The van der Waals surface area contributed by atoms with Gasteiger partial charge in [-0.3, -0.25) is 4.90 Å². The summed E-state index contributed by atoms with van der Waals surface area (Å²) in [5.41, 5.74) is 11.6. The summed E-state index contributed by atoms with van der Waals surface area (Å²) in [4.78, 5) is 19.7. The van der Waals surface area contributed by atoms with Crippen molar-refractivity contribution in [2.24, 2.45) is 0 Å². The van der Waals surface area contributed by atoms with Crippen LogP contribution in [-0.2, 0) is 15.7 Å². The van der Waals surface area contributed by atoms with Gasteiger partial charge in [-0.05, 0) is 104 Å². The third kappa shape index (κ3) is 7.48. The number of para-hydroxylation sites is 3. The number of nitrogens with zero attached hydrogens (tertiary/aromatic N) is 5. The lowest BCUT2D eigenvalue weighted by Gasteiger charge is -2.36. The quantitative estimate of drug-likeness (QED) is 0.139. The number of benzene rings is 9. The van der Waals surface area contributed by atoms with Crippen molar-refractivity contribution in [3.63, 3.8) is 0 Å². The molecule has 2 aliphatic rings. The van der Waals surface area contributed by atoms with Crippen LogP contribution in [0.1, 0.15) is 26.3 Å². The summed E-state index contributed by atoms with van der Waals surface area (Å²) in [6.45, 7) is 6.46. The number of fused-ring (bicyclic) bond motifs is 8. The highest BCUT2D eigenvalue weighted by Crippen LogP contribution is 2.52. The lowest BCUT2D eigenvalue weighted by Crippen LogP contribution is -2.46. The van der Waals surface area contributed by atoms with E-state index in [-0.39, 0.29) is 0 Å². The first-order valence-electron chi connectivity index (χ1n) is 24.8. The molecule has 0 spiro atoms. The van der Waals surface area contributed by atoms with Crippen molar-refractivity contribution < 1.29 is 13.7 Å². The Morgan fingerprint density at radius 2 is 1.19 bits per heavy atom. The maximum Gasteiger partial charge on any atom is 0.494 e. The Bertz CT molecular complexity index is 4140. The highest BCUT2D eigenvalue weighted by atomic mass is 79.9. The minimum atomic E-state index is -0.751. The zero-order chi connectivity index (χ0) is 49.7. The number of halogens is 1. The number of hydrogen-bond donors (Lipinski definition) is 0. The molecule has 8 nitrogen and oxygen atoms in total. The molecule has 9 aromatic carbocycles. The second-order valence-corrected chi connectivity index (χ2v) is 21.8. The van der Waals surface area contributed by atoms with Gasteiger partial charge in [-0.2, -0.15) is 9.97 Å². The molecular weight excluding hydrogens is 998 g/mol. The van der Waals surface area contributed by atoms with Gasteiger partial charge >= 0.3 is 7.12 Å². The van der Waals surface area contributed by atoms with Crippen molar-refractivity contribution in [3.8, 4) is 39.6 Å². The molecular formula is C63H45BBrN5O3S. The molecule has 1 fully saturated rings. The predicted molar refractivity (Wildman–Crippen MR) is 304 cm³/mol.